The van der Waals surface area contributed by atoms with E-state index in [1.807, 2.05) is 6.08 Å². The normalized spacial score (nSPS) is 25.9. The Bertz CT molecular complexity index is 1390. The number of unbranched alkanes of at least 4 members (excludes halogenated alkanes) is 26. The van der Waals surface area contributed by atoms with Crippen LogP contribution in [-0.4, -0.2) is 140 Å². The van der Waals surface area contributed by atoms with Crippen molar-refractivity contribution in [1.82, 2.24) is 5.32 Å². The second kappa shape index (κ2) is 44.1. The molecule has 1 amide bonds. The topological polar surface area (TPSA) is 228 Å². The number of carbonyl (C=O) groups excluding carboxylic acids is 1. The highest BCUT2D eigenvalue weighted by molar-refractivity contribution is 5.76. The van der Waals surface area contributed by atoms with Gasteiger partial charge in [-0.15, -0.1) is 0 Å². The molecule has 0 aromatic carbocycles. The standard InChI is InChI=1S/C58H105NO13/c1-3-5-7-9-11-13-15-16-17-18-19-20-21-22-23-24-25-26-27-28-29-30-32-33-35-37-39-41-47(62)46(59-50(63)42-40-38-36-34-31-14-12-10-8-6-4-2)45-69-57-55(68)53(66)56(49(44-61)71-57)72-58-54(67)52(65)51(64)48(43-60)70-58/h10,12,27-28,32-33,39,41,46-49,51-58,60-62,64-68H,3-9,11,13-26,29-31,34-38,40,42-45H2,1-2H3,(H,59,63)/b12-10-,28-27+,33-32+,41-39+. The van der Waals surface area contributed by atoms with E-state index in [2.05, 4.69) is 55.6 Å². The Balaban J connectivity index is 1.76. The van der Waals surface area contributed by atoms with Crippen LogP contribution in [0.2, 0.25) is 0 Å². The number of allylic oxidation sites excluding steroid dienone is 7. The van der Waals surface area contributed by atoms with Crippen LogP contribution in [0.5, 0.6) is 0 Å². The third-order valence-corrected chi connectivity index (χ3v) is 14.0. The van der Waals surface area contributed by atoms with Gasteiger partial charge in [0.2, 0.25) is 5.91 Å². The average molecular weight is 1020 g/mol. The Hall–Kier alpha value is -2.05. The minimum atomic E-state index is -1.79. The van der Waals surface area contributed by atoms with Gasteiger partial charge in [-0.25, -0.2) is 0 Å². The number of hydrogen-bond acceptors (Lipinski definition) is 13. The highest BCUT2D eigenvalue weighted by Crippen LogP contribution is 2.30. The van der Waals surface area contributed by atoms with Crippen LogP contribution in [0.25, 0.3) is 0 Å². The molecule has 12 atom stereocenters. The molecule has 14 nitrogen and oxygen atoms in total. The van der Waals surface area contributed by atoms with E-state index in [0.29, 0.717) is 12.8 Å². The first-order valence-corrected chi connectivity index (χ1v) is 28.9. The molecule has 0 aromatic rings. The molecule has 0 saturated carbocycles. The van der Waals surface area contributed by atoms with Gasteiger partial charge in [-0.2, -0.15) is 0 Å². The van der Waals surface area contributed by atoms with Gasteiger partial charge < -0.3 is 65.1 Å². The summed E-state index contributed by atoms with van der Waals surface area (Å²) in [5.74, 6) is -0.265. The number of amides is 1. The molecule has 0 aliphatic carbocycles. The van der Waals surface area contributed by atoms with Crippen molar-refractivity contribution in [3.05, 3.63) is 48.6 Å². The van der Waals surface area contributed by atoms with Crippen LogP contribution in [0.4, 0.5) is 0 Å². The van der Waals surface area contributed by atoms with Gasteiger partial charge in [-0.1, -0.05) is 197 Å². The fourth-order valence-electron chi connectivity index (χ4n) is 9.25. The third-order valence-electron chi connectivity index (χ3n) is 14.0. The van der Waals surface area contributed by atoms with Crippen LogP contribution in [0, 0.1) is 0 Å². The second-order valence-corrected chi connectivity index (χ2v) is 20.4. The van der Waals surface area contributed by atoms with Crippen LogP contribution in [-0.2, 0) is 23.7 Å². The van der Waals surface area contributed by atoms with Crippen molar-refractivity contribution in [2.45, 2.75) is 293 Å². The summed E-state index contributed by atoms with van der Waals surface area (Å²) in [4.78, 5) is 13.2. The summed E-state index contributed by atoms with van der Waals surface area (Å²) < 4.78 is 22.7. The van der Waals surface area contributed by atoms with Gasteiger partial charge in [0.15, 0.2) is 12.6 Å². The summed E-state index contributed by atoms with van der Waals surface area (Å²) >= 11 is 0. The van der Waals surface area contributed by atoms with Crippen LogP contribution in [0.1, 0.15) is 219 Å². The molecule has 2 aliphatic rings. The van der Waals surface area contributed by atoms with Crippen LogP contribution >= 0.6 is 0 Å². The Morgan fingerprint density at radius 3 is 1.40 bits per heavy atom. The Kier molecular flexibility index (Phi) is 40.5. The number of carbonyl (C=O) groups is 1. The highest BCUT2D eigenvalue weighted by atomic mass is 16.7. The van der Waals surface area contributed by atoms with E-state index in [-0.39, 0.29) is 18.9 Å². The van der Waals surface area contributed by atoms with Crippen molar-refractivity contribution in [3.8, 4) is 0 Å². The van der Waals surface area contributed by atoms with E-state index >= 15 is 0 Å². The van der Waals surface area contributed by atoms with E-state index in [4.69, 9.17) is 18.9 Å². The zero-order valence-electron chi connectivity index (χ0n) is 44.9. The van der Waals surface area contributed by atoms with Crippen molar-refractivity contribution in [1.29, 1.82) is 0 Å². The number of hydrogen-bond donors (Lipinski definition) is 9. The maximum absolute atomic E-state index is 13.2. The molecule has 0 aromatic heterocycles. The Morgan fingerprint density at radius 1 is 0.486 bits per heavy atom. The minimum absolute atomic E-state index is 0.258. The molecule has 0 radical (unpaired) electrons. The largest absolute Gasteiger partial charge is 0.394 e. The minimum Gasteiger partial charge on any atom is -0.394 e. The molecule has 2 rings (SSSR count). The van der Waals surface area contributed by atoms with Crippen LogP contribution < -0.4 is 5.32 Å². The van der Waals surface area contributed by atoms with Crippen LogP contribution in [0.15, 0.2) is 48.6 Å². The molecule has 12 unspecified atom stereocenters. The molecule has 9 N–H and O–H groups in total. The lowest BCUT2D eigenvalue weighted by Crippen LogP contribution is -2.65. The SMILES string of the molecule is CCCC/C=C\CCCCCCCC(=O)NC(COC1OC(CO)C(OC2OC(CO)C(O)C(O)C2O)C(O)C1O)C(O)/C=C/CC/C=C/CC/C=C/CCCCCCCCCCCCCCCCCCC. The maximum atomic E-state index is 13.2. The summed E-state index contributed by atoms with van der Waals surface area (Å²) in [7, 11) is 0. The van der Waals surface area contributed by atoms with E-state index in [1.165, 1.54) is 122 Å². The summed E-state index contributed by atoms with van der Waals surface area (Å²) in [6.07, 6.45) is 37.5. The number of aliphatic hydroxyl groups excluding tert-OH is 8. The molecule has 2 aliphatic heterocycles. The monoisotopic (exact) mass is 1020 g/mol. The molecule has 2 fully saturated rings. The van der Waals surface area contributed by atoms with Crippen molar-refractivity contribution in [3.63, 3.8) is 0 Å². The number of nitrogens with one attached hydrogen (secondary N) is 1. The molecule has 72 heavy (non-hydrogen) atoms. The highest BCUT2D eigenvalue weighted by Gasteiger charge is 2.51. The molecule has 14 heteroatoms. The van der Waals surface area contributed by atoms with Gasteiger partial charge in [0.05, 0.1) is 32.0 Å². The fraction of sp³-hybridized carbons (Fsp3) is 0.845. The first-order valence-electron chi connectivity index (χ1n) is 28.9. The lowest BCUT2D eigenvalue weighted by atomic mass is 9.97. The predicted octanol–water partition coefficient (Wildman–Crippen LogP) is 9.22. The van der Waals surface area contributed by atoms with Gasteiger partial charge in [0, 0.05) is 6.42 Å². The number of aliphatic hydroxyl groups is 8. The summed E-state index contributed by atoms with van der Waals surface area (Å²) in [5, 5.41) is 86.8. The van der Waals surface area contributed by atoms with Crippen molar-refractivity contribution < 1.29 is 64.6 Å². The lowest BCUT2D eigenvalue weighted by molar-refractivity contribution is -0.359. The van der Waals surface area contributed by atoms with Gasteiger partial charge in [0.25, 0.3) is 0 Å². The molecular formula is C58H105NO13. The lowest BCUT2D eigenvalue weighted by Gasteiger charge is -2.46. The molecule has 2 heterocycles. The quantitative estimate of drug-likeness (QED) is 0.0205. The molecule has 0 bridgehead atoms. The zero-order chi connectivity index (χ0) is 52.4. The molecule has 2 saturated heterocycles. The van der Waals surface area contributed by atoms with Crippen molar-refractivity contribution in [2.24, 2.45) is 0 Å². The summed E-state index contributed by atoms with van der Waals surface area (Å²) in [6, 6.07) is -0.941. The predicted molar refractivity (Wildman–Crippen MR) is 286 cm³/mol. The summed E-state index contributed by atoms with van der Waals surface area (Å²) in [5.41, 5.74) is 0. The van der Waals surface area contributed by atoms with Crippen LogP contribution in [0.3, 0.4) is 0 Å². The zero-order valence-corrected chi connectivity index (χ0v) is 44.9. The molecule has 0 spiro atoms. The Labute approximate surface area is 435 Å². The van der Waals surface area contributed by atoms with E-state index in [0.717, 1.165) is 64.2 Å². The van der Waals surface area contributed by atoms with E-state index < -0.39 is 86.8 Å². The summed E-state index contributed by atoms with van der Waals surface area (Å²) in [6.45, 7) is 2.72. The number of ether oxygens (including phenoxy) is 4. The van der Waals surface area contributed by atoms with Gasteiger partial charge in [-0.05, 0) is 64.2 Å². The van der Waals surface area contributed by atoms with Gasteiger partial charge >= 0.3 is 0 Å². The van der Waals surface area contributed by atoms with Crippen molar-refractivity contribution in [2.75, 3.05) is 19.8 Å². The van der Waals surface area contributed by atoms with Gasteiger partial charge in [-0.3, -0.25) is 4.79 Å². The first-order chi connectivity index (χ1) is 35.1. The maximum Gasteiger partial charge on any atom is 0.220 e. The third kappa shape index (κ3) is 29.9. The average Bonchev–Trinajstić information content (AvgIpc) is 3.38. The Morgan fingerprint density at radius 2 is 0.903 bits per heavy atom. The smallest absolute Gasteiger partial charge is 0.220 e. The van der Waals surface area contributed by atoms with Crippen molar-refractivity contribution >= 4 is 5.91 Å². The molecular weight excluding hydrogens is 919 g/mol. The van der Waals surface area contributed by atoms with E-state index in [9.17, 15) is 45.6 Å². The van der Waals surface area contributed by atoms with E-state index in [1.54, 1.807) is 6.08 Å². The first kappa shape index (κ1) is 66.1. The second-order valence-electron chi connectivity index (χ2n) is 20.4. The number of rotatable bonds is 45. The van der Waals surface area contributed by atoms with Gasteiger partial charge in [0.1, 0.15) is 48.8 Å². The molecule has 420 valence electrons. The fourth-order valence-corrected chi connectivity index (χ4v) is 9.25.